The number of carbonyl (C=O) groups is 1. The average molecular weight is 363 g/mol. The normalized spacial score (nSPS) is 10.3. The number of hydrogen-bond acceptors (Lipinski definition) is 4. The van der Waals surface area contributed by atoms with E-state index in [1.807, 2.05) is 22.6 Å². The van der Waals surface area contributed by atoms with Crippen molar-refractivity contribution in [2.75, 3.05) is 7.11 Å². The van der Waals surface area contributed by atoms with Gasteiger partial charge in [-0.05, 0) is 40.3 Å². The minimum absolute atomic E-state index is 0.229. The Morgan fingerprint density at radius 3 is 2.94 bits per heavy atom. The van der Waals surface area contributed by atoms with Gasteiger partial charge in [0, 0.05) is 0 Å². The quantitative estimate of drug-likeness (QED) is 0.607. The van der Waals surface area contributed by atoms with E-state index >= 15 is 0 Å². The molecule has 1 heterocycles. The summed E-state index contributed by atoms with van der Waals surface area (Å²) in [4.78, 5) is 16.3. The molecule has 0 bridgehead atoms. The van der Waals surface area contributed by atoms with Crippen LogP contribution in [0.15, 0.2) is 24.3 Å². The Morgan fingerprint density at radius 1 is 1.53 bits per heavy atom. The molecule has 0 radical (unpaired) electrons. The monoisotopic (exact) mass is 363 g/mol. The van der Waals surface area contributed by atoms with Gasteiger partial charge in [0.25, 0.3) is 0 Å². The number of thiazole rings is 1. The fourth-order valence-corrected chi connectivity index (χ4v) is 3.03. The lowest BCUT2D eigenvalue weighted by atomic mass is 10.1. The molecule has 1 aromatic carbocycles. The molecule has 0 amide bonds. The maximum atomic E-state index is 13.1. The van der Waals surface area contributed by atoms with E-state index in [1.165, 1.54) is 30.6 Å². The number of rotatable bonds is 2. The predicted octanol–water partition coefficient (Wildman–Crippen LogP) is 3.34. The van der Waals surface area contributed by atoms with Gasteiger partial charge in [-0.15, -0.1) is 11.3 Å². The second kappa shape index (κ2) is 5.09. The van der Waals surface area contributed by atoms with Crippen molar-refractivity contribution in [2.24, 2.45) is 0 Å². The number of benzene rings is 1. The van der Waals surface area contributed by atoms with E-state index < -0.39 is 5.97 Å². The standard InChI is InChI=1S/C11H7FINO2S/c1-16-10(15)8-9(17-11(13)14-8)6-3-2-4-7(12)5-6/h2-5H,1H3. The highest BCUT2D eigenvalue weighted by molar-refractivity contribution is 14.1. The van der Waals surface area contributed by atoms with E-state index in [4.69, 9.17) is 0 Å². The summed E-state index contributed by atoms with van der Waals surface area (Å²) in [6, 6.07) is 6.06. The van der Waals surface area contributed by atoms with E-state index in [-0.39, 0.29) is 11.5 Å². The Kier molecular flexibility index (Phi) is 3.72. The van der Waals surface area contributed by atoms with Crippen LogP contribution in [0.3, 0.4) is 0 Å². The van der Waals surface area contributed by atoms with E-state index in [2.05, 4.69) is 9.72 Å². The van der Waals surface area contributed by atoms with E-state index in [1.54, 1.807) is 12.1 Å². The van der Waals surface area contributed by atoms with Crippen molar-refractivity contribution < 1.29 is 13.9 Å². The van der Waals surface area contributed by atoms with Gasteiger partial charge in [0.05, 0.1) is 12.0 Å². The third-order valence-corrected chi connectivity index (χ3v) is 3.86. The summed E-state index contributed by atoms with van der Waals surface area (Å²) < 4.78 is 18.5. The summed E-state index contributed by atoms with van der Waals surface area (Å²) in [6.45, 7) is 0. The van der Waals surface area contributed by atoms with Crippen LogP contribution in [0.1, 0.15) is 10.5 Å². The molecule has 0 saturated carbocycles. The molecule has 0 aliphatic carbocycles. The van der Waals surface area contributed by atoms with Crippen LogP contribution in [0.4, 0.5) is 4.39 Å². The van der Waals surface area contributed by atoms with Crippen molar-refractivity contribution >= 4 is 39.9 Å². The Bertz CT molecular complexity index is 570. The Morgan fingerprint density at radius 2 is 2.29 bits per heavy atom. The zero-order valence-electron chi connectivity index (χ0n) is 8.74. The maximum absolute atomic E-state index is 13.1. The molecular formula is C11H7FINO2S. The van der Waals surface area contributed by atoms with Gasteiger partial charge in [0.15, 0.2) is 8.71 Å². The van der Waals surface area contributed by atoms with E-state index in [0.717, 1.165) is 0 Å². The van der Waals surface area contributed by atoms with Gasteiger partial charge in [0.1, 0.15) is 5.82 Å². The summed E-state index contributed by atoms with van der Waals surface area (Å²) >= 11 is 3.35. The van der Waals surface area contributed by atoms with Gasteiger partial charge in [-0.1, -0.05) is 12.1 Å². The van der Waals surface area contributed by atoms with Crippen molar-refractivity contribution in [1.29, 1.82) is 0 Å². The van der Waals surface area contributed by atoms with E-state index in [9.17, 15) is 9.18 Å². The number of methoxy groups -OCH3 is 1. The van der Waals surface area contributed by atoms with Crippen LogP contribution in [-0.4, -0.2) is 18.1 Å². The number of carbonyl (C=O) groups excluding carboxylic acids is 1. The Balaban J connectivity index is 2.55. The lowest BCUT2D eigenvalue weighted by molar-refractivity contribution is 0.0595. The number of halogens is 2. The number of aromatic nitrogens is 1. The number of nitrogens with zero attached hydrogens (tertiary/aromatic N) is 1. The van der Waals surface area contributed by atoms with Crippen molar-refractivity contribution in [3.63, 3.8) is 0 Å². The zero-order valence-corrected chi connectivity index (χ0v) is 11.7. The second-order valence-electron chi connectivity index (χ2n) is 3.15. The minimum Gasteiger partial charge on any atom is -0.464 e. The zero-order chi connectivity index (χ0) is 12.4. The van der Waals surface area contributed by atoms with Crippen LogP contribution in [-0.2, 0) is 4.74 Å². The van der Waals surface area contributed by atoms with Gasteiger partial charge in [-0.3, -0.25) is 0 Å². The highest BCUT2D eigenvalue weighted by Gasteiger charge is 2.19. The Labute approximate surface area is 115 Å². The highest BCUT2D eigenvalue weighted by atomic mass is 127. The first-order valence-corrected chi connectivity index (χ1v) is 6.52. The SMILES string of the molecule is COC(=O)c1nc(I)sc1-c1cccc(F)c1. The smallest absolute Gasteiger partial charge is 0.358 e. The predicted molar refractivity (Wildman–Crippen MR) is 71.6 cm³/mol. The number of esters is 1. The molecule has 17 heavy (non-hydrogen) atoms. The molecule has 0 aliphatic rings. The molecule has 6 heteroatoms. The number of ether oxygens (including phenoxy) is 1. The molecule has 2 rings (SSSR count). The fraction of sp³-hybridized carbons (Fsp3) is 0.0909. The van der Waals surface area contributed by atoms with Crippen molar-refractivity contribution in [3.05, 3.63) is 38.8 Å². The lowest BCUT2D eigenvalue weighted by Crippen LogP contribution is -2.03. The third-order valence-electron chi connectivity index (χ3n) is 2.07. The van der Waals surface area contributed by atoms with Crippen molar-refractivity contribution in [2.45, 2.75) is 0 Å². The van der Waals surface area contributed by atoms with Crippen LogP contribution in [0, 0.1) is 8.83 Å². The maximum Gasteiger partial charge on any atom is 0.358 e. The first-order valence-electron chi connectivity index (χ1n) is 4.62. The van der Waals surface area contributed by atoms with Gasteiger partial charge in [-0.2, -0.15) is 0 Å². The third kappa shape index (κ3) is 2.63. The molecule has 2 aromatic rings. The molecule has 0 saturated heterocycles. The summed E-state index contributed by atoms with van der Waals surface area (Å²) in [6.07, 6.45) is 0. The van der Waals surface area contributed by atoms with E-state index in [0.29, 0.717) is 13.5 Å². The van der Waals surface area contributed by atoms with Crippen LogP contribution in [0.2, 0.25) is 0 Å². The van der Waals surface area contributed by atoms with Crippen LogP contribution in [0.25, 0.3) is 10.4 Å². The van der Waals surface area contributed by atoms with Crippen LogP contribution in [0.5, 0.6) is 0 Å². The second-order valence-corrected chi connectivity index (χ2v) is 5.90. The average Bonchev–Trinajstić information content (AvgIpc) is 2.70. The molecule has 0 spiro atoms. The molecule has 0 atom stereocenters. The molecular weight excluding hydrogens is 356 g/mol. The fourth-order valence-electron chi connectivity index (χ4n) is 1.35. The molecule has 3 nitrogen and oxygen atoms in total. The molecule has 0 unspecified atom stereocenters. The summed E-state index contributed by atoms with van der Waals surface area (Å²) in [5.41, 5.74) is 0.860. The summed E-state index contributed by atoms with van der Waals surface area (Å²) in [7, 11) is 1.30. The molecule has 1 aromatic heterocycles. The van der Waals surface area contributed by atoms with Gasteiger partial charge in [0.2, 0.25) is 0 Å². The van der Waals surface area contributed by atoms with Crippen LogP contribution >= 0.6 is 33.9 Å². The lowest BCUT2D eigenvalue weighted by Gasteiger charge is -2.00. The first kappa shape index (κ1) is 12.4. The van der Waals surface area contributed by atoms with Crippen molar-refractivity contribution in [1.82, 2.24) is 4.98 Å². The highest BCUT2D eigenvalue weighted by Crippen LogP contribution is 2.31. The summed E-state index contributed by atoms with van der Waals surface area (Å²) in [5.74, 6) is -0.856. The summed E-state index contributed by atoms with van der Waals surface area (Å²) in [5, 5.41) is 0. The van der Waals surface area contributed by atoms with Gasteiger partial charge < -0.3 is 4.74 Å². The van der Waals surface area contributed by atoms with Crippen LogP contribution < -0.4 is 0 Å². The Hall–Kier alpha value is -1.02. The number of hydrogen-bond donors (Lipinski definition) is 0. The molecule has 0 N–H and O–H groups in total. The molecule has 0 fully saturated rings. The minimum atomic E-state index is -0.511. The van der Waals surface area contributed by atoms with Crippen molar-refractivity contribution in [3.8, 4) is 10.4 Å². The van der Waals surface area contributed by atoms with Gasteiger partial charge >= 0.3 is 5.97 Å². The topological polar surface area (TPSA) is 39.2 Å². The van der Waals surface area contributed by atoms with Gasteiger partial charge in [-0.25, -0.2) is 14.2 Å². The molecule has 88 valence electrons. The largest absolute Gasteiger partial charge is 0.464 e. The first-order chi connectivity index (χ1) is 8.11. The molecule has 0 aliphatic heterocycles.